The number of benzene rings is 2. The topological polar surface area (TPSA) is 119 Å². The molecule has 0 saturated heterocycles. The average molecular weight is 491 g/mol. The molecule has 0 aliphatic carbocycles. The second kappa shape index (κ2) is 13.7. The smallest absolute Gasteiger partial charge is 0.263 e. The van der Waals surface area contributed by atoms with E-state index in [-0.39, 0.29) is 52.8 Å². The van der Waals surface area contributed by atoms with Gasteiger partial charge in [-0.3, -0.25) is 5.41 Å². The summed E-state index contributed by atoms with van der Waals surface area (Å²) in [5, 5.41) is 21.1. The van der Waals surface area contributed by atoms with E-state index in [1.165, 1.54) is 13.2 Å². The number of halogens is 2. The van der Waals surface area contributed by atoms with Crippen molar-refractivity contribution in [3.05, 3.63) is 71.3 Å². The van der Waals surface area contributed by atoms with Crippen LogP contribution in [0, 0.1) is 11.2 Å². The summed E-state index contributed by atoms with van der Waals surface area (Å²) in [5.74, 6) is -1.81. The first-order chi connectivity index (χ1) is 16.5. The fourth-order valence-electron chi connectivity index (χ4n) is 2.49. The fourth-order valence-corrected chi connectivity index (χ4v) is 2.66. The molecule has 0 aliphatic rings. The van der Waals surface area contributed by atoms with Gasteiger partial charge >= 0.3 is 0 Å². The van der Waals surface area contributed by atoms with Crippen molar-refractivity contribution in [1.29, 1.82) is 5.41 Å². The van der Waals surface area contributed by atoms with Crippen LogP contribution < -0.4 is 9.47 Å². The molecule has 11 heteroatoms. The van der Waals surface area contributed by atoms with Gasteiger partial charge in [-0.25, -0.2) is 0 Å². The van der Waals surface area contributed by atoms with E-state index in [0.29, 0.717) is 0 Å². The number of hydrogen-bond donors (Lipinski definition) is 2. The van der Waals surface area contributed by atoms with Crippen LogP contribution in [-0.4, -0.2) is 47.0 Å². The summed E-state index contributed by atoms with van der Waals surface area (Å²) in [6.45, 7) is 3.59. The number of hydrogen-bond acceptors (Lipinski definition) is 9. The molecule has 0 bridgehead atoms. The van der Waals surface area contributed by atoms with E-state index in [1.807, 2.05) is 13.8 Å². The Balaban J connectivity index is 0.00000199. The van der Waals surface area contributed by atoms with E-state index in [0.717, 1.165) is 6.33 Å². The third-order valence-corrected chi connectivity index (χ3v) is 4.17. The van der Waals surface area contributed by atoms with E-state index in [1.54, 1.807) is 42.5 Å². The predicted octanol–water partition coefficient (Wildman–Crippen LogP) is 5.22. The molecule has 180 valence electrons. The molecule has 0 fully saturated rings. The highest BCUT2D eigenvalue weighted by Crippen LogP contribution is 2.33. The fraction of sp³-hybridized carbons (Fsp3) is 0.217. The van der Waals surface area contributed by atoms with E-state index in [4.69, 9.17) is 41.2 Å². The summed E-state index contributed by atoms with van der Waals surface area (Å²) in [6, 6.07) is 12.9. The quantitative estimate of drug-likeness (QED) is 0.240. The Hall–Kier alpha value is -3.76. The minimum Gasteiger partial charge on any atom is -0.474 e. The molecule has 2 aromatic carbocycles. The lowest BCUT2D eigenvalue weighted by atomic mass is 10.1. The van der Waals surface area contributed by atoms with Gasteiger partial charge in [0.1, 0.15) is 31.5 Å². The molecule has 2 N–H and O–H groups in total. The Labute approximate surface area is 201 Å². The van der Waals surface area contributed by atoms with E-state index >= 15 is 4.39 Å². The van der Waals surface area contributed by atoms with Crippen LogP contribution in [0.25, 0.3) is 0 Å². The van der Waals surface area contributed by atoms with Gasteiger partial charge in [0.25, 0.3) is 11.8 Å². The number of ether oxygens (including phenoxy) is 3. The van der Waals surface area contributed by atoms with Gasteiger partial charge in [0.2, 0.25) is 11.7 Å². The lowest BCUT2D eigenvalue weighted by Gasteiger charge is -2.14. The van der Waals surface area contributed by atoms with Crippen LogP contribution in [0.5, 0.6) is 23.3 Å². The number of nitrogens with zero attached hydrogens (tertiary/aromatic N) is 3. The number of oxime groups is 1. The van der Waals surface area contributed by atoms with Crippen molar-refractivity contribution >= 4 is 23.2 Å². The van der Waals surface area contributed by atoms with Crippen molar-refractivity contribution in [2.45, 2.75) is 13.8 Å². The van der Waals surface area contributed by atoms with Gasteiger partial charge in [0, 0.05) is 0 Å². The van der Waals surface area contributed by atoms with Gasteiger partial charge in [0.15, 0.2) is 5.71 Å². The average Bonchev–Trinajstić information content (AvgIpc) is 2.86. The van der Waals surface area contributed by atoms with E-state index in [2.05, 4.69) is 15.1 Å². The number of aromatic nitrogens is 2. The van der Waals surface area contributed by atoms with Crippen LogP contribution in [0.3, 0.4) is 0 Å². The van der Waals surface area contributed by atoms with Crippen molar-refractivity contribution in [3.8, 4) is 23.3 Å². The van der Waals surface area contributed by atoms with Crippen LogP contribution >= 0.6 is 11.6 Å². The van der Waals surface area contributed by atoms with E-state index < -0.39 is 11.7 Å². The highest BCUT2D eigenvalue weighted by Gasteiger charge is 2.21. The molecule has 3 aromatic rings. The standard InChI is InChI=1S/C21H18ClFN4O5.C2H6/c1-29-27-18(19(24)30-11-10-28)13-6-2-4-8-15(13)31-20-17(23)21(26-12-25-20)32-16-9-5-3-7-14(16)22;1-2/h2-9,12,24,28H,10-11H2,1H3;1-2H3/b24-19?,27-18-;. The van der Waals surface area contributed by atoms with Crippen LogP contribution in [-0.2, 0) is 9.57 Å². The SMILES string of the molecule is CC.CO/N=C(\C(=N)OCCO)c1ccccc1Oc1ncnc(Oc2ccccc2Cl)c1F. The third-order valence-electron chi connectivity index (χ3n) is 3.85. The Bertz CT molecular complexity index is 1130. The highest BCUT2D eigenvalue weighted by atomic mass is 35.5. The Morgan fingerprint density at radius 3 is 2.24 bits per heavy atom. The summed E-state index contributed by atoms with van der Waals surface area (Å²) in [4.78, 5) is 12.4. The molecule has 0 spiro atoms. The van der Waals surface area contributed by atoms with E-state index in [9.17, 15) is 0 Å². The van der Waals surface area contributed by atoms with Gasteiger partial charge in [-0.1, -0.05) is 54.9 Å². The number of aliphatic hydroxyl groups is 1. The van der Waals surface area contributed by atoms with Crippen LogP contribution in [0.2, 0.25) is 5.02 Å². The summed E-state index contributed by atoms with van der Waals surface area (Å²) < 4.78 is 31.2. The van der Waals surface area contributed by atoms with Crippen molar-refractivity contribution < 1.29 is 28.5 Å². The van der Waals surface area contributed by atoms with Gasteiger partial charge in [-0.05, 0) is 24.3 Å². The molecular weight excluding hydrogens is 467 g/mol. The zero-order valence-electron chi connectivity index (χ0n) is 18.8. The molecule has 0 atom stereocenters. The summed E-state index contributed by atoms with van der Waals surface area (Å²) in [7, 11) is 1.30. The Kier molecular flexibility index (Phi) is 10.7. The third kappa shape index (κ3) is 6.87. The van der Waals surface area contributed by atoms with Crippen LogP contribution in [0.4, 0.5) is 4.39 Å². The summed E-state index contributed by atoms with van der Waals surface area (Å²) in [5.41, 5.74) is 0.238. The van der Waals surface area contributed by atoms with Crippen molar-refractivity contribution in [2.75, 3.05) is 20.3 Å². The molecule has 1 heterocycles. The molecule has 9 nitrogen and oxygen atoms in total. The highest BCUT2D eigenvalue weighted by molar-refractivity contribution is 6.44. The van der Waals surface area contributed by atoms with Crippen LogP contribution in [0.1, 0.15) is 19.4 Å². The summed E-state index contributed by atoms with van der Waals surface area (Å²) >= 11 is 6.05. The molecule has 1 aromatic heterocycles. The predicted molar refractivity (Wildman–Crippen MR) is 126 cm³/mol. The molecule has 0 amide bonds. The van der Waals surface area contributed by atoms with Crippen molar-refractivity contribution in [3.63, 3.8) is 0 Å². The van der Waals surface area contributed by atoms with Gasteiger partial charge < -0.3 is 24.2 Å². The molecule has 0 aliphatic heterocycles. The van der Waals surface area contributed by atoms with Crippen LogP contribution in [0.15, 0.2) is 60.0 Å². The molecule has 0 saturated carbocycles. The lowest BCUT2D eigenvalue weighted by molar-refractivity contribution is 0.192. The zero-order valence-corrected chi connectivity index (χ0v) is 19.5. The molecule has 34 heavy (non-hydrogen) atoms. The molecule has 0 unspecified atom stereocenters. The molecule has 3 rings (SSSR count). The number of nitrogens with one attached hydrogen (secondary N) is 1. The Morgan fingerprint density at radius 1 is 1.03 bits per heavy atom. The minimum atomic E-state index is -0.959. The van der Waals surface area contributed by atoms with Crippen molar-refractivity contribution in [1.82, 2.24) is 9.97 Å². The summed E-state index contributed by atoms with van der Waals surface area (Å²) in [6.07, 6.45) is 1.07. The number of rotatable bonds is 9. The van der Waals surface area contributed by atoms with Crippen molar-refractivity contribution in [2.24, 2.45) is 5.16 Å². The number of para-hydroxylation sites is 2. The first-order valence-corrected chi connectivity index (χ1v) is 10.6. The Morgan fingerprint density at radius 2 is 1.62 bits per heavy atom. The second-order valence-electron chi connectivity index (χ2n) is 5.95. The first-order valence-electron chi connectivity index (χ1n) is 10.2. The van der Waals surface area contributed by atoms with Gasteiger partial charge in [-0.15, -0.1) is 0 Å². The first kappa shape index (κ1) is 26.5. The lowest BCUT2D eigenvalue weighted by Crippen LogP contribution is -2.20. The molecule has 0 radical (unpaired) electrons. The normalized spacial score (nSPS) is 10.6. The monoisotopic (exact) mass is 490 g/mol. The minimum absolute atomic E-state index is 0.0291. The van der Waals surface area contributed by atoms with Gasteiger partial charge in [0.05, 0.1) is 17.2 Å². The number of aliphatic hydroxyl groups excluding tert-OH is 1. The second-order valence-corrected chi connectivity index (χ2v) is 6.36. The maximum absolute atomic E-state index is 15.0. The maximum Gasteiger partial charge on any atom is 0.263 e. The van der Waals surface area contributed by atoms with Gasteiger partial charge in [-0.2, -0.15) is 14.4 Å². The maximum atomic E-state index is 15.0. The zero-order chi connectivity index (χ0) is 24.9. The molecular formula is C23H24ClFN4O5. The largest absolute Gasteiger partial charge is 0.474 e.